The first-order valence-electron chi connectivity index (χ1n) is 8.10. The smallest absolute Gasteiger partial charge is 0.355 e. The fourth-order valence-corrected chi connectivity index (χ4v) is 2.80. The van der Waals surface area contributed by atoms with Crippen LogP contribution >= 0.6 is 0 Å². The zero-order valence-electron chi connectivity index (χ0n) is 15.4. The monoisotopic (exact) mass is 356 g/mol. The summed E-state index contributed by atoms with van der Waals surface area (Å²) in [5.74, 6) is -0.922. The molecule has 0 atom stereocenters. The summed E-state index contributed by atoms with van der Waals surface area (Å²) in [6.45, 7) is 8.21. The predicted octanol–water partition coefficient (Wildman–Crippen LogP) is 1.74. The highest BCUT2D eigenvalue weighted by Crippen LogP contribution is 2.20. The Labute approximate surface area is 150 Å². The molecule has 0 saturated heterocycles. The highest BCUT2D eigenvalue weighted by Gasteiger charge is 2.24. The Morgan fingerprint density at radius 1 is 1.23 bits per heavy atom. The van der Waals surface area contributed by atoms with Crippen LogP contribution in [0.1, 0.15) is 55.8 Å². The van der Waals surface area contributed by atoms with Gasteiger partial charge >= 0.3 is 5.97 Å². The fraction of sp³-hybridized carbons (Fsp3) is 0.389. The molecule has 2 aromatic heterocycles. The average Bonchev–Trinajstić information content (AvgIpc) is 2.88. The van der Waals surface area contributed by atoms with Crippen LogP contribution in [0.5, 0.6) is 0 Å². The molecule has 136 valence electrons. The fourth-order valence-electron chi connectivity index (χ4n) is 2.80. The van der Waals surface area contributed by atoms with Gasteiger partial charge in [0, 0.05) is 11.3 Å². The second-order valence-corrected chi connectivity index (χ2v) is 5.93. The maximum atomic E-state index is 12.7. The molecule has 0 fully saturated rings. The molecule has 0 spiro atoms. The van der Waals surface area contributed by atoms with Crippen molar-refractivity contribution in [3.05, 3.63) is 49.7 Å². The van der Waals surface area contributed by atoms with E-state index in [2.05, 4.69) is 10.1 Å². The van der Waals surface area contributed by atoms with Crippen molar-refractivity contribution in [3.8, 4) is 6.07 Å². The van der Waals surface area contributed by atoms with E-state index in [-0.39, 0.29) is 30.2 Å². The number of aromatic nitrogens is 3. The Bertz CT molecular complexity index is 992. The lowest BCUT2D eigenvalue weighted by Crippen LogP contribution is -2.30. The van der Waals surface area contributed by atoms with Crippen LogP contribution in [-0.4, -0.2) is 33.1 Å². The van der Waals surface area contributed by atoms with E-state index < -0.39 is 11.5 Å². The van der Waals surface area contributed by atoms with Crippen molar-refractivity contribution in [3.63, 3.8) is 0 Å². The second-order valence-electron chi connectivity index (χ2n) is 5.93. The molecule has 0 amide bonds. The summed E-state index contributed by atoms with van der Waals surface area (Å²) in [4.78, 5) is 39.9. The Hall–Kier alpha value is -3.21. The van der Waals surface area contributed by atoms with Gasteiger partial charge in [-0.25, -0.2) is 9.48 Å². The SMILES string of the molecule is CCOC(=O)c1[nH]c(C)c(C(=O)Cn2nc(C)c(C)c(C#N)c2=O)c1C. The van der Waals surface area contributed by atoms with Crippen molar-refractivity contribution in [2.75, 3.05) is 6.61 Å². The number of aromatic amines is 1. The Kier molecular flexibility index (Phi) is 5.41. The Balaban J connectivity index is 2.44. The molecule has 0 aromatic carbocycles. The Morgan fingerprint density at radius 3 is 2.46 bits per heavy atom. The average molecular weight is 356 g/mol. The van der Waals surface area contributed by atoms with Gasteiger partial charge in [-0.05, 0) is 45.7 Å². The van der Waals surface area contributed by atoms with Crippen LogP contribution in [0.4, 0.5) is 0 Å². The van der Waals surface area contributed by atoms with Crippen LogP contribution < -0.4 is 5.56 Å². The van der Waals surface area contributed by atoms with E-state index in [0.717, 1.165) is 4.68 Å². The number of H-pyrrole nitrogens is 1. The van der Waals surface area contributed by atoms with E-state index in [1.54, 1.807) is 34.6 Å². The molecule has 0 aliphatic carbocycles. The van der Waals surface area contributed by atoms with Gasteiger partial charge in [0.2, 0.25) is 0 Å². The maximum absolute atomic E-state index is 12.7. The molecule has 0 aliphatic heterocycles. The number of nitrogens with zero attached hydrogens (tertiary/aromatic N) is 3. The zero-order chi connectivity index (χ0) is 19.6. The van der Waals surface area contributed by atoms with Gasteiger partial charge in [0.15, 0.2) is 5.78 Å². The highest BCUT2D eigenvalue weighted by atomic mass is 16.5. The van der Waals surface area contributed by atoms with E-state index in [1.807, 2.05) is 6.07 Å². The number of carbonyl (C=O) groups is 2. The summed E-state index contributed by atoms with van der Waals surface area (Å²) in [5.41, 5.74) is 1.87. The zero-order valence-corrected chi connectivity index (χ0v) is 15.4. The number of ether oxygens (including phenoxy) is 1. The third-order valence-corrected chi connectivity index (χ3v) is 4.24. The first-order chi connectivity index (χ1) is 12.2. The Morgan fingerprint density at radius 2 is 1.88 bits per heavy atom. The third-order valence-electron chi connectivity index (χ3n) is 4.24. The van der Waals surface area contributed by atoms with E-state index in [9.17, 15) is 19.6 Å². The number of rotatable bonds is 5. The maximum Gasteiger partial charge on any atom is 0.355 e. The van der Waals surface area contributed by atoms with Crippen LogP contribution in [0, 0.1) is 39.0 Å². The summed E-state index contributed by atoms with van der Waals surface area (Å²) in [6, 6.07) is 1.86. The number of carbonyl (C=O) groups excluding carboxylic acids is 2. The van der Waals surface area contributed by atoms with Gasteiger partial charge in [0.1, 0.15) is 23.9 Å². The third kappa shape index (κ3) is 3.28. The normalized spacial score (nSPS) is 10.5. The molecule has 1 N–H and O–H groups in total. The molecule has 2 aromatic rings. The summed E-state index contributed by atoms with van der Waals surface area (Å²) in [6.07, 6.45) is 0. The number of nitrogens with one attached hydrogen (secondary N) is 1. The number of nitriles is 1. The van der Waals surface area contributed by atoms with Crippen molar-refractivity contribution in [1.29, 1.82) is 5.26 Å². The van der Waals surface area contributed by atoms with Crippen molar-refractivity contribution < 1.29 is 14.3 Å². The first kappa shape index (κ1) is 19.1. The van der Waals surface area contributed by atoms with Crippen molar-refractivity contribution in [1.82, 2.24) is 14.8 Å². The topological polar surface area (TPSA) is 118 Å². The minimum absolute atomic E-state index is 0.0278. The van der Waals surface area contributed by atoms with E-state index in [0.29, 0.717) is 28.1 Å². The van der Waals surface area contributed by atoms with Crippen LogP contribution in [0.25, 0.3) is 0 Å². The molecule has 2 rings (SSSR count). The first-order valence-corrected chi connectivity index (χ1v) is 8.10. The summed E-state index contributed by atoms with van der Waals surface area (Å²) in [7, 11) is 0. The van der Waals surface area contributed by atoms with Gasteiger partial charge in [0.05, 0.1) is 12.3 Å². The standard InChI is InChI=1S/C18H20N4O4/c1-6-26-18(25)16-10(3)15(12(5)20-16)14(23)8-22-17(24)13(7-19)9(2)11(4)21-22/h20H,6,8H2,1-5H3. The van der Waals surface area contributed by atoms with Gasteiger partial charge in [0.25, 0.3) is 5.56 Å². The van der Waals surface area contributed by atoms with Crippen molar-refractivity contribution in [2.45, 2.75) is 41.2 Å². The summed E-state index contributed by atoms with van der Waals surface area (Å²) >= 11 is 0. The quantitative estimate of drug-likeness (QED) is 0.644. The van der Waals surface area contributed by atoms with Crippen LogP contribution in [0.2, 0.25) is 0 Å². The van der Waals surface area contributed by atoms with Crippen LogP contribution in [-0.2, 0) is 11.3 Å². The molecule has 2 heterocycles. The van der Waals surface area contributed by atoms with E-state index in [4.69, 9.17) is 4.74 Å². The summed E-state index contributed by atoms with van der Waals surface area (Å²) in [5, 5.41) is 13.3. The lowest BCUT2D eigenvalue weighted by molar-refractivity contribution is 0.0519. The molecule has 8 heteroatoms. The molecule has 0 unspecified atom stereocenters. The van der Waals surface area contributed by atoms with Gasteiger partial charge < -0.3 is 9.72 Å². The number of esters is 1. The molecule has 8 nitrogen and oxygen atoms in total. The largest absolute Gasteiger partial charge is 0.461 e. The predicted molar refractivity (Wildman–Crippen MR) is 93.2 cm³/mol. The van der Waals surface area contributed by atoms with Gasteiger partial charge in [-0.3, -0.25) is 9.59 Å². The molecular weight excluding hydrogens is 336 g/mol. The lowest BCUT2D eigenvalue weighted by Gasteiger charge is -2.09. The van der Waals surface area contributed by atoms with Crippen LogP contribution in [0.3, 0.4) is 0 Å². The van der Waals surface area contributed by atoms with Crippen LogP contribution in [0.15, 0.2) is 4.79 Å². The number of hydrogen-bond donors (Lipinski definition) is 1. The molecule has 0 aliphatic rings. The molecule has 0 radical (unpaired) electrons. The number of Topliss-reactive ketones (excluding diaryl/α,β-unsaturated/α-hetero) is 1. The minimum atomic E-state index is -0.611. The van der Waals surface area contributed by atoms with Crippen molar-refractivity contribution >= 4 is 11.8 Å². The molecule has 0 bridgehead atoms. The van der Waals surface area contributed by atoms with E-state index >= 15 is 0 Å². The molecular formula is C18H20N4O4. The lowest BCUT2D eigenvalue weighted by atomic mass is 10.1. The highest BCUT2D eigenvalue weighted by molar-refractivity contribution is 6.02. The van der Waals surface area contributed by atoms with Gasteiger partial charge in [-0.1, -0.05) is 0 Å². The second kappa shape index (κ2) is 7.35. The molecule has 26 heavy (non-hydrogen) atoms. The van der Waals surface area contributed by atoms with Gasteiger partial charge in [-0.15, -0.1) is 0 Å². The minimum Gasteiger partial charge on any atom is -0.461 e. The van der Waals surface area contributed by atoms with Crippen molar-refractivity contribution in [2.24, 2.45) is 0 Å². The number of hydrogen-bond acceptors (Lipinski definition) is 6. The van der Waals surface area contributed by atoms with Gasteiger partial charge in [-0.2, -0.15) is 10.4 Å². The number of aryl methyl sites for hydroxylation is 2. The molecule has 0 saturated carbocycles. The summed E-state index contributed by atoms with van der Waals surface area (Å²) < 4.78 is 5.95. The number of ketones is 1. The van der Waals surface area contributed by atoms with E-state index in [1.165, 1.54) is 0 Å².